The standard InChI is InChI=1S/C16H21NO3/c1-10(18)17-12-7-11-8-16(2,9-12)20-15-13(11)5-4-6-14(15)19-3/h4-6,11-12H,7-9H2,1-3H3,(H,17,18)/t11?,12-,16?/m0/s1. The average Bonchev–Trinajstić information content (AvgIpc) is 2.36. The number of para-hydroxylation sites is 1. The normalized spacial score (nSPS) is 30.9. The van der Waals surface area contributed by atoms with Gasteiger partial charge in [-0.2, -0.15) is 0 Å². The molecule has 4 heteroatoms. The van der Waals surface area contributed by atoms with Gasteiger partial charge in [-0.05, 0) is 31.7 Å². The van der Waals surface area contributed by atoms with Crippen LogP contribution in [0, 0.1) is 0 Å². The Hall–Kier alpha value is -1.71. The molecule has 1 amide bonds. The Bertz CT molecular complexity index is 543. The highest BCUT2D eigenvalue weighted by atomic mass is 16.5. The van der Waals surface area contributed by atoms with Crippen LogP contribution in [0.4, 0.5) is 0 Å². The molecule has 0 aromatic heterocycles. The van der Waals surface area contributed by atoms with Crippen LogP contribution < -0.4 is 14.8 Å². The predicted octanol–water partition coefficient (Wildman–Crippen LogP) is 2.62. The Morgan fingerprint density at radius 1 is 1.45 bits per heavy atom. The fraction of sp³-hybridized carbons (Fsp3) is 0.562. The fourth-order valence-corrected chi connectivity index (χ4v) is 3.72. The van der Waals surface area contributed by atoms with Crippen LogP contribution >= 0.6 is 0 Å². The first-order valence-electron chi connectivity index (χ1n) is 7.14. The van der Waals surface area contributed by atoms with Crippen LogP contribution in [0.2, 0.25) is 0 Å². The summed E-state index contributed by atoms with van der Waals surface area (Å²) in [6.45, 7) is 3.70. The molecule has 3 rings (SSSR count). The molecule has 2 bridgehead atoms. The Balaban J connectivity index is 1.95. The van der Waals surface area contributed by atoms with E-state index >= 15 is 0 Å². The van der Waals surface area contributed by atoms with Crippen molar-refractivity contribution in [1.29, 1.82) is 0 Å². The van der Waals surface area contributed by atoms with Gasteiger partial charge in [-0.1, -0.05) is 12.1 Å². The second-order valence-corrected chi connectivity index (χ2v) is 6.17. The van der Waals surface area contributed by atoms with E-state index in [1.165, 1.54) is 5.56 Å². The third-order valence-corrected chi connectivity index (χ3v) is 4.35. The number of carbonyl (C=O) groups is 1. The molecule has 0 saturated heterocycles. The lowest BCUT2D eigenvalue weighted by Crippen LogP contribution is -2.51. The van der Waals surface area contributed by atoms with Crippen molar-refractivity contribution >= 4 is 5.91 Å². The van der Waals surface area contributed by atoms with Crippen molar-refractivity contribution in [3.05, 3.63) is 23.8 Å². The third-order valence-electron chi connectivity index (χ3n) is 4.35. The topological polar surface area (TPSA) is 47.6 Å². The first-order chi connectivity index (χ1) is 9.50. The van der Waals surface area contributed by atoms with Gasteiger partial charge in [0.25, 0.3) is 0 Å². The van der Waals surface area contributed by atoms with Gasteiger partial charge in [0, 0.05) is 24.9 Å². The minimum absolute atomic E-state index is 0.0319. The molecule has 2 unspecified atom stereocenters. The Kier molecular flexibility index (Phi) is 3.11. The van der Waals surface area contributed by atoms with E-state index in [1.54, 1.807) is 14.0 Å². The number of hydrogen-bond acceptors (Lipinski definition) is 3. The first kappa shape index (κ1) is 13.3. The summed E-state index contributed by atoms with van der Waals surface area (Å²) in [7, 11) is 1.67. The molecule has 0 spiro atoms. The fourth-order valence-electron chi connectivity index (χ4n) is 3.72. The van der Waals surface area contributed by atoms with Crippen LogP contribution in [0.15, 0.2) is 18.2 Å². The highest BCUT2D eigenvalue weighted by Gasteiger charge is 2.45. The average molecular weight is 275 g/mol. The number of carbonyl (C=O) groups excluding carboxylic acids is 1. The maximum atomic E-state index is 11.3. The van der Waals surface area contributed by atoms with Crippen LogP contribution in [-0.2, 0) is 4.79 Å². The minimum Gasteiger partial charge on any atom is -0.493 e. The van der Waals surface area contributed by atoms with E-state index in [4.69, 9.17) is 9.47 Å². The summed E-state index contributed by atoms with van der Waals surface area (Å²) in [5.74, 6) is 2.14. The molecule has 1 heterocycles. The van der Waals surface area contributed by atoms with Gasteiger partial charge in [0.05, 0.1) is 7.11 Å². The Labute approximate surface area is 119 Å². The second kappa shape index (κ2) is 4.69. The zero-order chi connectivity index (χ0) is 14.3. The van der Waals surface area contributed by atoms with E-state index in [1.807, 2.05) is 12.1 Å². The number of rotatable bonds is 2. The van der Waals surface area contributed by atoms with Crippen molar-refractivity contribution < 1.29 is 14.3 Å². The number of ether oxygens (including phenoxy) is 2. The number of hydrogen-bond donors (Lipinski definition) is 1. The molecule has 108 valence electrons. The summed E-state index contributed by atoms with van der Waals surface area (Å²) in [6.07, 6.45) is 2.82. The second-order valence-electron chi connectivity index (χ2n) is 6.17. The predicted molar refractivity (Wildman–Crippen MR) is 76.2 cm³/mol. The highest BCUT2D eigenvalue weighted by molar-refractivity contribution is 5.73. The van der Waals surface area contributed by atoms with E-state index in [9.17, 15) is 4.79 Å². The number of methoxy groups -OCH3 is 1. The molecule has 1 aliphatic carbocycles. The monoisotopic (exact) mass is 275 g/mol. The molecule has 1 aromatic carbocycles. The summed E-state index contributed by atoms with van der Waals surface area (Å²) in [6, 6.07) is 6.24. The summed E-state index contributed by atoms with van der Waals surface area (Å²) in [4.78, 5) is 11.3. The van der Waals surface area contributed by atoms with E-state index < -0.39 is 0 Å². The van der Waals surface area contributed by atoms with E-state index in [0.29, 0.717) is 5.92 Å². The molecule has 4 nitrogen and oxygen atoms in total. The summed E-state index contributed by atoms with van der Waals surface area (Å²) in [5.41, 5.74) is 0.981. The van der Waals surface area contributed by atoms with Gasteiger partial charge in [0.1, 0.15) is 5.60 Å². The van der Waals surface area contributed by atoms with Crippen molar-refractivity contribution in [2.24, 2.45) is 0 Å². The molecular formula is C16H21NO3. The summed E-state index contributed by atoms with van der Waals surface area (Å²) < 4.78 is 11.7. The minimum atomic E-state index is -0.225. The molecule has 1 saturated carbocycles. The number of amides is 1. The summed E-state index contributed by atoms with van der Waals surface area (Å²) >= 11 is 0. The van der Waals surface area contributed by atoms with Gasteiger partial charge in [0.2, 0.25) is 5.91 Å². The largest absolute Gasteiger partial charge is 0.493 e. The van der Waals surface area contributed by atoms with Crippen LogP contribution in [0.25, 0.3) is 0 Å². The molecule has 0 radical (unpaired) electrons. The molecule has 3 atom stereocenters. The molecule has 1 N–H and O–H groups in total. The molecule has 1 aliphatic heterocycles. The van der Waals surface area contributed by atoms with E-state index in [0.717, 1.165) is 30.8 Å². The van der Waals surface area contributed by atoms with Gasteiger partial charge >= 0.3 is 0 Å². The van der Waals surface area contributed by atoms with Crippen molar-refractivity contribution in [1.82, 2.24) is 5.32 Å². The lowest BCUT2D eigenvalue weighted by molar-refractivity contribution is -0.120. The van der Waals surface area contributed by atoms with Crippen molar-refractivity contribution in [2.75, 3.05) is 7.11 Å². The van der Waals surface area contributed by atoms with Gasteiger partial charge < -0.3 is 14.8 Å². The first-order valence-corrected chi connectivity index (χ1v) is 7.14. The van der Waals surface area contributed by atoms with Crippen LogP contribution in [0.3, 0.4) is 0 Å². The van der Waals surface area contributed by atoms with Crippen molar-refractivity contribution in [3.8, 4) is 11.5 Å². The smallest absolute Gasteiger partial charge is 0.217 e. The number of fused-ring (bicyclic) bond motifs is 4. The van der Waals surface area contributed by atoms with E-state index in [-0.39, 0.29) is 17.6 Å². The lowest BCUT2D eigenvalue weighted by Gasteiger charge is -2.47. The SMILES string of the molecule is COc1cccc2c1OC1(C)CC2C[C@H](NC(C)=O)C1. The quantitative estimate of drug-likeness (QED) is 0.902. The number of benzene rings is 1. The van der Waals surface area contributed by atoms with Crippen molar-refractivity contribution in [3.63, 3.8) is 0 Å². The maximum Gasteiger partial charge on any atom is 0.217 e. The zero-order valence-electron chi connectivity index (χ0n) is 12.2. The van der Waals surface area contributed by atoms with Crippen LogP contribution in [-0.4, -0.2) is 24.7 Å². The Morgan fingerprint density at radius 3 is 2.95 bits per heavy atom. The maximum absolute atomic E-state index is 11.3. The third kappa shape index (κ3) is 2.23. The highest BCUT2D eigenvalue weighted by Crippen LogP contribution is 2.51. The molecule has 20 heavy (non-hydrogen) atoms. The Morgan fingerprint density at radius 2 is 2.25 bits per heavy atom. The molecule has 1 aromatic rings. The van der Waals surface area contributed by atoms with Crippen molar-refractivity contribution in [2.45, 2.75) is 50.7 Å². The van der Waals surface area contributed by atoms with Gasteiger partial charge in [-0.3, -0.25) is 4.79 Å². The van der Waals surface area contributed by atoms with Crippen LogP contribution in [0.1, 0.15) is 44.6 Å². The lowest BCUT2D eigenvalue weighted by atomic mass is 9.71. The van der Waals surface area contributed by atoms with Gasteiger partial charge in [0.15, 0.2) is 11.5 Å². The zero-order valence-corrected chi connectivity index (χ0v) is 12.2. The number of nitrogens with one attached hydrogen (secondary N) is 1. The molecule has 1 fully saturated rings. The molecule has 2 aliphatic rings. The van der Waals surface area contributed by atoms with Gasteiger partial charge in [-0.15, -0.1) is 0 Å². The van der Waals surface area contributed by atoms with Gasteiger partial charge in [-0.25, -0.2) is 0 Å². The van der Waals surface area contributed by atoms with E-state index in [2.05, 4.69) is 18.3 Å². The van der Waals surface area contributed by atoms with Crippen LogP contribution in [0.5, 0.6) is 11.5 Å². The summed E-state index contributed by atoms with van der Waals surface area (Å²) in [5, 5.41) is 3.04. The molecular weight excluding hydrogens is 254 g/mol.